The average Bonchev–Trinajstić information content (AvgIpc) is 2.85. The van der Waals surface area contributed by atoms with Crippen molar-refractivity contribution in [1.29, 1.82) is 0 Å². The Morgan fingerprint density at radius 1 is 1.20 bits per heavy atom. The fourth-order valence-electron chi connectivity index (χ4n) is 2.29. The normalized spacial score (nSPS) is 11.9. The summed E-state index contributed by atoms with van der Waals surface area (Å²) in [7, 11) is 0. The van der Waals surface area contributed by atoms with Gasteiger partial charge in [-0.1, -0.05) is 49.4 Å². The van der Waals surface area contributed by atoms with E-state index in [4.69, 9.17) is 4.42 Å². The summed E-state index contributed by atoms with van der Waals surface area (Å²) in [5.41, 5.74) is 4.81. The van der Waals surface area contributed by atoms with Gasteiger partial charge in [0.1, 0.15) is 0 Å². The van der Waals surface area contributed by atoms with Crippen LogP contribution in [-0.4, -0.2) is 4.98 Å². The molecule has 0 aliphatic heterocycles. The maximum absolute atomic E-state index is 11.2. The monoisotopic (exact) mass is 265 g/mol. The molecule has 0 saturated carbocycles. The van der Waals surface area contributed by atoms with Gasteiger partial charge in [-0.25, -0.2) is 4.79 Å². The maximum atomic E-state index is 11.2. The number of H-pyrrole nitrogens is 1. The molecule has 3 aromatic rings. The molecule has 100 valence electrons. The van der Waals surface area contributed by atoms with E-state index >= 15 is 0 Å². The molecular formula is C17H15NO2. The first-order valence-corrected chi connectivity index (χ1v) is 6.65. The Morgan fingerprint density at radius 3 is 2.75 bits per heavy atom. The highest BCUT2D eigenvalue weighted by Crippen LogP contribution is 2.22. The number of hydrogen-bond donors (Lipinski definition) is 1. The van der Waals surface area contributed by atoms with E-state index in [0.717, 1.165) is 17.5 Å². The quantitative estimate of drug-likeness (QED) is 0.725. The van der Waals surface area contributed by atoms with Crippen molar-refractivity contribution in [1.82, 2.24) is 4.98 Å². The molecule has 1 aromatic heterocycles. The van der Waals surface area contributed by atoms with Crippen LogP contribution in [0.3, 0.4) is 0 Å². The fraction of sp³-hybridized carbons (Fsp3) is 0.118. The van der Waals surface area contributed by atoms with Gasteiger partial charge in [0, 0.05) is 0 Å². The Kier molecular flexibility index (Phi) is 3.25. The van der Waals surface area contributed by atoms with Gasteiger partial charge in [0.2, 0.25) is 0 Å². The Labute approximate surface area is 116 Å². The number of rotatable bonds is 3. The van der Waals surface area contributed by atoms with Crippen molar-refractivity contribution in [2.24, 2.45) is 0 Å². The zero-order chi connectivity index (χ0) is 13.9. The van der Waals surface area contributed by atoms with Crippen molar-refractivity contribution in [2.45, 2.75) is 13.3 Å². The molecule has 0 atom stereocenters. The van der Waals surface area contributed by atoms with Crippen LogP contribution in [0.25, 0.3) is 22.7 Å². The molecule has 0 radical (unpaired) electrons. The Balaban J connectivity index is 2.05. The first kappa shape index (κ1) is 12.5. The summed E-state index contributed by atoms with van der Waals surface area (Å²) in [6.07, 6.45) is 3.07. The molecule has 0 bridgehead atoms. The number of benzene rings is 2. The van der Waals surface area contributed by atoms with Crippen LogP contribution in [0.2, 0.25) is 0 Å². The molecule has 1 N–H and O–H groups in total. The van der Waals surface area contributed by atoms with Crippen molar-refractivity contribution in [2.75, 3.05) is 0 Å². The highest BCUT2D eigenvalue weighted by Gasteiger charge is 2.03. The van der Waals surface area contributed by atoms with E-state index in [1.165, 1.54) is 11.1 Å². The topological polar surface area (TPSA) is 46.0 Å². The standard InChI is InChI=1S/C17H15NO2/c1-2-13(14-6-4-3-5-7-14)10-12-8-9-15-16(11-12)20-17(19)18-15/h3-11H,2H2,1H3,(H,18,19)/b13-10+. The Bertz CT molecular complexity index is 810. The van der Waals surface area contributed by atoms with Gasteiger partial charge in [-0.05, 0) is 35.3 Å². The summed E-state index contributed by atoms with van der Waals surface area (Å²) in [5, 5.41) is 0. The summed E-state index contributed by atoms with van der Waals surface area (Å²) >= 11 is 0. The first-order chi connectivity index (χ1) is 9.76. The smallest absolute Gasteiger partial charge is 0.408 e. The van der Waals surface area contributed by atoms with Crippen LogP contribution in [0.15, 0.2) is 57.7 Å². The summed E-state index contributed by atoms with van der Waals surface area (Å²) in [5.74, 6) is -0.417. The average molecular weight is 265 g/mol. The van der Waals surface area contributed by atoms with Crippen LogP contribution in [-0.2, 0) is 0 Å². The molecule has 0 saturated heterocycles. The minimum Gasteiger partial charge on any atom is -0.408 e. The summed E-state index contributed by atoms with van der Waals surface area (Å²) < 4.78 is 5.09. The van der Waals surface area contributed by atoms with Gasteiger partial charge in [-0.2, -0.15) is 0 Å². The number of aromatic amines is 1. The third kappa shape index (κ3) is 2.43. The molecule has 0 spiro atoms. The fourth-order valence-corrected chi connectivity index (χ4v) is 2.29. The van der Waals surface area contributed by atoms with Gasteiger partial charge in [-0.3, -0.25) is 4.98 Å². The number of nitrogens with one attached hydrogen (secondary N) is 1. The molecule has 0 fully saturated rings. The zero-order valence-corrected chi connectivity index (χ0v) is 11.2. The first-order valence-electron chi connectivity index (χ1n) is 6.65. The number of hydrogen-bond acceptors (Lipinski definition) is 2. The van der Waals surface area contributed by atoms with E-state index in [-0.39, 0.29) is 0 Å². The summed E-state index contributed by atoms with van der Waals surface area (Å²) in [6, 6.07) is 16.0. The number of oxazole rings is 1. The van der Waals surface area contributed by atoms with Gasteiger partial charge in [-0.15, -0.1) is 0 Å². The van der Waals surface area contributed by atoms with Gasteiger partial charge in [0.25, 0.3) is 0 Å². The van der Waals surface area contributed by atoms with E-state index in [2.05, 4.69) is 30.1 Å². The number of aromatic nitrogens is 1. The second kappa shape index (κ2) is 5.21. The molecule has 3 heteroatoms. The molecule has 0 aliphatic carbocycles. The second-order valence-corrected chi connectivity index (χ2v) is 4.66. The lowest BCUT2D eigenvalue weighted by atomic mass is 10.0. The van der Waals surface area contributed by atoms with Crippen LogP contribution in [0, 0.1) is 0 Å². The molecule has 3 rings (SSSR count). The van der Waals surface area contributed by atoms with Gasteiger partial charge in [0.15, 0.2) is 5.58 Å². The lowest BCUT2D eigenvalue weighted by molar-refractivity contribution is 0.555. The molecule has 0 unspecified atom stereocenters. The molecule has 0 aliphatic rings. The minimum absolute atomic E-state index is 0.417. The highest BCUT2D eigenvalue weighted by atomic mass is 16.4. The third-order valence-electron chi connectivity index (χ3n) is 3.31. The SMILES string of the molecule is CC/C(=C\c1ccc2[nH]c(=O)oc2c1)c1ccccc1. The van der Waals surface area contributed by atoms with Crippen LogP contribution in [0.1, 0.15) is 24.5 Å². The molecule has 0 amide bonds. The van der Waals surface area contributed by atoms with Crippen molar-refractivity contribution in [3.8, 4) is 0 Å². The lowest BCUT2D eigenvalue weighted by Gasteiger charge is -2.05. The minimum atomic E-state index is -0.417. The van der Waals surface area contributed by atoms with Crippen molar-refractivity contribution in [3.63, 3.8) is 0 Å². The maximum Gasteiger partial charge on any atom is 0.417 e. The van der Waals surface area contributed by atoms with Crippen LogP contribution >= 0.6 is 0 Å². The van der Waals surface area contributed by atoms with E-state index < -0.39 is 5.76 Å². The molecule has 1 heterocycles. The summed E-state index contributed by atoms with van der Waals surface area (Å²) in [6.45, 7) is 2.13. The lowest BCUT2D eigenvalue weighted by Crippen LogP contribution is -1.92. The predicted octanol–water partition coefficient (Wildman–Crippen LogP) is 4.07. The van der Waals surface area contributed by atoms with Gasteiger partial charge in [0.05, 0.1) is 5.52 Å². The van der Waals surface area contributed by atoms with Gasteiger partial charge < -0.3 is 4.42 Å². The Hall–Kier alpha value is -2.55. The van der Waals surface area contributed by atoms with Crippen LogP contribution in [0.4, 0.5) is 0 Å². The molecule has 2 aromatic carbocycles. The van der Waals surface area contributed by atoms with Crippen LogP contribution in [0.5, 0.6) is 0 Å². The molecule has 20 heavy (non-hydrogen) atoms. The van der Waals surface area contributed by atoms with E-state index in [0.29, 0.717) is 5.58 Å². The third-order valence-corrected chi connectivity index (χ3v) is 3.31. The highest BCUT2D eigenvalue weighted by molar-refractivity contribution is 5.84. The van der Waals surface area contributed by atoms with E-state index in [9.17, 15) is 4.79 Å². The van der Waals surface area contributed by atoms with Crippen molar-refractivity contribution < 1.29 is 4.42 Å². The summed E-state index contributed by atoms with van der Waals surface area (Å²) in [4.78, 5) is 13.8. The molecule has 3 nitrogen and oxygen atoms in total. The van der Waals surface area contributed by atoms with Crippen molar-refractivity contribution >= 4 is 22.7 Å². The number of allylic oxidation sites excluding steroid dienone is 1. The van der Waals surface area contributed by atoms with E-state index in [1.807, 2.05) is 36.4 Å². The van der Waals surface area contributed by atoms with Crippen LogP contribution < -0.4 is 5.76 Å². The van der Waals surface area contributed by atoms with Crippen molar-refractivity contribution in [3.05, 3.63) is 70.2 Å². The number of fused-ring (bicyclic) bond motifs is 1. The Morgan fingerprint density at radius 2 is 2.00 bits per heavy atom. The predicted molar refractivity (Wildman–Crippen MR) is 81.4 cm³/mol. The second-order valence-electron chi connectivity index (χ2n) is 4.66. The zero-order valence-electron chi connectivity index (χ0n) is 11.2. The van der Waals surface area contributed by atoms with E-state index in [1.54, 1.807) is 0 Å². The van der Waals surface area contributed by atoms with Gasteiger partial charge >= 0.3 is 5.76 Å². The molecular weight excluding hydrogens is 250 g/mol. The largest absolute Gasteiger partial charge is 0.417 e.